The molecule has 0 aliphatic carbocycles. The van der Waals surface area contributed by atoms with Crippen molar-refractivity contribution in [3.8, 4) is 11.5 Å². The van der Waals surface area contributed by atoms with Crippen molar-refractivity contribution in [2.75, 3.05) is 14.1 Å². The van der Waals surface area contributed by atoms with Gasteiger partial charge < -0.3 is 14.4 Å². The molecule has 0 aromatic heterocycles. The Morgan fingerprint density at radius 2 is 1.36 bits per heavy atom. The highest BCUT2D eigenvalue weighted by molar-refractivity contribution is 8.01. The summed E-state index contributed by atoms with van der Waals surface area (Å²) in [7, 11) is 3.50. The van der Waals surface area contributed by atoms with E-state index in [4.69, 9.17) is 9.47 Å². The molecular formula is C16H21NO3S2. The SMILES string of the molecule is Cc1c2c(c(C(=O)N(C)C)c3c1SC(C)(C)O3)OC(C)(C)S2. The fourth-order valence-electron chi connectivity index (χ4n) is 2.66. The van der Waals surface area contributed by atoms with Crippen LogP contribution in [-0.2, 0) is 0 Å². The molecule has 0 bridgehead atoms. The third-order valence-corrected chi connectivity index (χ3v) is 6.10. The number of ether oxygens (including phenoxy) is 2. The van der Waals surface area contributed by atoms with Crippen molar-refractivity contribution < 1.29 is 14.3 Å². The molecule has 22 heavy (non-hydrogen) atoms. The lowest BCUT2D eigenvalue weighted by Crippen LogP contribution is -2.26. The number of carbonyl (C=O) groups is 1. The van der Waals surface area contributed by atoms with Crippen LogP contribution in [0.25, 0.3) is 0 Å². The number of thioether (sulfide) groups is 2. The first-order valence-electron chi connectivity index (χ1n) is 7.21. The highest BCUT2D eigenvalue weighted by Crippen LogP contribution is 2.60. The summed E-state index contributed by atoms with van der Waals surface area (Å²) < 4.78 is 12.2. The number of amides is 1. The zero-order valence-corrected chi connectivity index (χ0v) is 15.6. The highest BCUT2D eigenvalue weighted by atomic mass is 32.2. The number of rotatable bonds is 1. The molecule has 1 aromatic carbocycles. The van der Waals surface area contributed by atoms with Gasteiger partial charge in [-0.05, 0) is 40.2 Å². The van der Waals surface area contributed by atoms with Gasteiger partial charge in [-0.2, -0.15) is 0 Å². The Morgan fingerprint density at radius 1 is 0.955 bits per heavy atom. The van der Waals surface area contributed by atoms with Crippen molar-refractivity contribution in [1.29, 1.82) is 0 Å². The lowest BCUT2D eigenvalue weighted by Gasteiger charge is -2.20. The van der Waals surface area contributed by atoms with Gasteiger partial charge in [-0.1, -0.05) is 23.5 Å². The van der Waals surface area contributed by atoms with Gasteiger partial charge in [-0.15, -0.1) is 0 Å². The van der Waals surface area contributed by atoms with Crippen LogP contribution in [-0.4, -0.2) is 34.8 Å². The Kier molecular flexibility index (Phi) is 3.42. The molecule has 0 atom stereocenters. The molecule has 3 rings (SSSR count). The van der Waals surface area contributed by atoms with E-state index >= 15 is 0 Å². The summed E-state index contributed by atoms with van der Waals surface area (Å²) in [5.41, 5.74) is 1.70. The van der Waals surface area contributed by atoms with Gasteiger partial charge in [0.15, 0.2) is 21.4 Å². The molecule has 1 amide bonds. The predicted molar refractivity (Wildman–Crippen MR) is 90.3 cm³/mol. The minimum absolute atomic E-state index is 0.0795. The van der Waals surface area contributed by atoms with Gasteiger partial charge in [0.05, 0.1) is 9.79 Å². The minimum Gasteiger partial charge on any atom is -0.475 e. The number of fused-ring (bicyclic) bond motifs is 2. The zero-order chi connectivity index (χ0) is 16.4. The average Bonchev–Trinajstić information content (AvgIpc) is 2.85. The number of hydrogen-bond acceptors (Lipinski definition) is 5. The molecule has 4 nitrogen and oxygen atoms in total. The summed E-state index contributed by atoms with van der Waals surface area (Å²) in [6.07, 6.45) is 0. The molecule has 2 aliphatic rings. The number of carbonyl (C=O) groups excluding carboxylic acids is 1. The van der Waals surface area contributed by atoms with Crippen LogP contribution in [0.3, 0.4) is 0 Å². The van der Waals surface area contributed by atoms with E-state index in [0.717, 1.165) is 15.4 Å². The molecule has 120 valence electrons. The van der Waals surface area contributed by atoms with Gasteiger partial charge >= 0.3 is 0 Å². The Morgan fingerprint density at radius 3 is 1.73 bits per heavy atom. The molecule has 0 spiro atoms. The van der Waals surface area contributed by atoms with E-state index in [1.54, 1.807) is 42.5 Å². The van der Waals surface area contributed by atoms with Crippen LogP contribution in [0.2, 0.25) is 0 Å². The maximum absolute atomic E-state index is 12.7. The summed E-state index contributed by atoms with van der Waals surface area (Å²) in [6, 6.07) is 0. The van der Waals surface area contributed by atoms with Crippen molar-refractivity contribution in [3.05, 3.63) is 11.1 Å². The molecule has 0 saturated carbocycles. The van der Waals surface area contributed by atoms with Gasteiger partial charge in [-0.25, -0.2) is 0 Å². The van der Waals surface area contributed by atoms with E-state index < -0.39 is 0 Å². The van der Waals surface area contributed by atoms with Crippen LogP contribution >= 0.6 is 23.5 Å². The smallest absolute Gasteiger partial charge is 0.260 e. The van der Waals surface area contributed by atoms with Gasteiger partial charge in [0.2, 0.25) is 0 Å². The molecule has 0 N–H and O–H groups in total. The van der Waals surface area contributed by atoms with E-state index in [0.29, 0.717) is 17.1 Å². The zero-order valence-electron chi connectivity index (χ0n) is 14.0. The summed E-state index contributed by atoms with van der Waals surface area (Å²) in [5, 5.41) is 0. The Bertz CT molecular complexity index is 635. The molecule has 0 radical (unpaired) electrons. The molecule has 0 fully saturated rings. The van der Waals surface area contributed by atoms with Crippen molar-refractivity contribution in [3.63, 3.8) is 0 Å². The van der Waals surface area contributed by atoms with Crippen LogP contribution in [0.1, 0.15) is 43.6 Å². The van der Waals surface area contributed by atoms with Crippen LogP contribution in [0.15, 0.2) is 9.79 Å². The van der Waals surface area contributed by atoms with Gasteiger partial charge in [0, 0.05) is 14.1 Å². The lowest BCUT2D eigenvalue weighted by atomic mass is 10.1. The first-order valence-corrected chi connectivity index (χ1v) is 8.84. The maximum atomic E-state index is 12.7. The Hall–Kier alpha value is -1.01. The topological polar surface area (TPSA) is 38.8 Å². The van der Waals surface area contributed by atoms with E-state index in [9.17, 15) is 4.79 Å². The first-order chi connectivity index (χ1) is 10.0. The molecule has 2 heterocycles. The van der Waals surface area contributed by atoms with E-state index in [1.807, 2.05) is 27.7 Å². The number of hydrogen-bond donors (Lipinski definition) is 0. The fourth-order valence-corrected chi connectivity index (χ4v) is 4.94. The Balaban J connectivity index is 2.28. The molecule has 0 unspecified atom stereocenters. The molecule has 0 saturated heterocycles. The van der Waals surface area contributed by atoms with Crippen molar-refractivity contribution in [1.82, 2.24) is 4.90 Å². The minimum atomic E-state index is -0.371. The molecule has 1 aromatic rings. The monoisotopic (exact) mass is 339 g/mol. The molecule has 2 aliphatic heterocycles. The summed E-state index contributed by atoms with van der Waals surface area (Å²) in [5.74, 6) is 1.26. The van der Waals surface area contributed by atoms with Crippen LogP contribution in [0.5, 0.6) is 11.5 Å². The highest BCUT2D eigenvalue weighted by Gasteiger charge is 2.44. The standard InChI is InChI=1S/C16H21NO3S2/c1-8-12-10(19-15(2,3)21-12)9(14(18)17(6)7)11-13(8)22-16(4,5)20-11/h1-7H3. The van der Waals surface area contributed by atoms with E-state index in [-0.39, 0.29) is 15.8 Å². The normalized spacial score (nSPS) is 20.0. The van der Waals surface area contributed by atoms with Crippen LogP contribution in [0.4, 0.5) is 0 Å². The third kappa shape index (κ3) is 2.36. The second-order valence-electron chi connectivity index (χ2n) is 6.72. The van der Waals surface area contributed by atoms with Crippen LogP contribution < -0.4 is 9.47 Å². The first kappa shape index (κ1) is 15.9. The summed E-state index contributed by atoms with van der Waals surface area (Å²) >= 11 is 3.34. The summed E-state index contributed by atoms with van der Waals surface area (Å²) in [6.45, 7) is 10.2. The second kappa shape index (κ2) is 4.74. The second-order valence-corrected chi connectivity index (χ2v) is 9.92. The van der Waals surface area contributed by atoms with Crippen LogP contribution in [0, 0.1) is 6.92 Å². The van der Waals surface area contributed by atoms with Crippen molar-refractivity contribution in [2.45, 2.75) is 54.3 Å². The average molecular weight is 339 g/mol. The molecule has 6 heteroatoms. The lowest BCUT2D eigenvalue weighted by molar-refractivity contribution is 0.0811. The van der Waals surface area contributed by atoms with E-state index in [2.05, 4.69) is 6.92 Å². The van der Waals surface area contributed by atoms with Gasteiger partial charge in [0.25, 0.3) is 5.91 Å². The quantitative estimate of drug-likeness (QED) is 0.769. The molecular weight excluding hydrogens is 318 g/mol. The Labute approximate surface area is 139 Å². The summed E-state index contributed by atoms with van der Waals surface area (Å²) in [4.78, 5) is 15.7. The van der Waals surface area contributed by atoms with E-state index in [1.165, 1.54) is 0 Å². The van der Waals surface area contributed by atoms with Crippen molar-refractivity contribution in [2.24, 2.45) is 0 Å². The number of benzene rings is 1. The maximum Gasteiger partial charge on any atom is 0.260 e. The largest absolute Gasteiger partial charge is 0.475 e. The third-order valence-electron chi connectivity index (χ3n) is 3.56. The van der Waals surface area contributed by atoms with Gasteiger partial charge in [0.1, 0.15) is 5.56 Å². The fraction of sp³-hybridized carbons (Fsp3) is 0.562. The number of nitrogens with zero attached hydrogens (tertiary/aromatic N) is 1. The van der Waals surface area contributed by atoms with Crippen molar-refractivity contribution >= 4 is 29.4 Å². The van der Waals surface area contributed by atoms with Gasteiger partial charge in [-0.3, -0.25) is 4.79 Å². The predicted octanol–water partition coefficient (Wildman–Crippen LogP) is 4.14.